The van der Waals surface area contributed by atoms with Crippen LogP contribution in [0.15, 0.2) is 59.5 Å². The summed E-state index contributed by atoms with van der Waals surface area (Å²) in [7, 11) is -3.53. The standard InChI is InChI=1S/C22H28N2O4S/c1-17(2)28-16-18-8-10-19(11-9-18)22(25)24-14-12-20(13-15-24)23-29(26,27)21-6-4-3-5-7-21/h3-11,17,20,23H,12-16H2,1-2H3. The van der Waals surface area contributed by atoms with Crippen molar-refractivity contribution in [3.63, 3.8) is 0 Å². The van der Waals surface area contributed by atoms with Gasteiger partial charge in [-0.25, -0.2) is 13.1 Å². The number of ether oxygens (including phenoxy) is 1. The lowest BCUT2D eigenvalue weighted by molar-refractivity contribution is 0.0654. The molecular formula is C22H28N2O4S. The molecule has 2 aromatic rings. The highest BCUT2D eigenvalue weighted by molar-refractivity contribution is 7.89. The SMILES string of the molecule is CC(C)OCc1ccc(C(=O)N2CCC(NS(=O)(=O)c3ccccc3)CC2)cc1. The van der Waals surface area contributed by atoms with E-state index in [1.807, 2.05) is 38.1 Å². The second kappa shape index (κ2) is 9.52. The average molecular weight is 417 g/mol. The van der Waals surface area contributed by atoms with Gasteiger partial charge in [-0.3, -0.25) is 4.79 Å². The Kier molecular flexibility index (Phi) is 7.05. The second-order valence-electron chi connectivity index (χ2n) is 7.56. The molecule has 2 aromatic carbocycles. The Labute approximate surface area is 172 Å². The molecule has 0 bridgehead atoms. The molecule has 0 aliphatic carbocycles. The van der Waals surface area contributed by atoms with Crippen LogP contribution in [-0.2, 0) is 21.4 Å². The smallest absolute Gasteiger partial charge is 0.253 e. The average Bonchev–Trinajstić information content (AvgIpc) is 2.73. The predicted octanol–water partition coefficient (Wildman–Crippen LogP) is 3.19. The molecule has 3 rings (SSSR count). The molecular weight excluding hydrogens is 388 g/mol. The summed E-state index contributed by atoms with van der Waals surface area (Å²) in [5.41, 5.74) is 1.67. The summed E-state index contributed by atoms with van der Waals surface area (Å²) < 4.78 is 33.3. The second-order valence-corrected chi connectivity index (χ2v) is 9.27. The predicted molar refractivity (Wildman–Crippen MR) is 112 cm³/mol. The van der Waals surface area contributed by atoms with Crippen LogP contribution in [0.1, 0.15) is 42.6 Å². The molecule has 1 saturated heterocycles. The number of hydrogen-bond donors (Lipinski definition) is 1. The third-order valence-electron chi connectivity index (χ3n) is 4.94. The van der Waals surface area contributed by atoms with Gasteiger partial charge in [0.1, 0.15) is 0 Å². The lowest BCUT2D eigenvalue weighted by Gasteiger charge is -2.32. The fourth-order valence-electron chi connectivity index (χ4n) is 3.28. The zero-order chi connectivity index (χ0) is 20.9. The van der Waals surface area contributed by atoms with Crippen LogP contribution in [0.25, 0.3) is 0 Å². The van der Waals surface area contributed by atoms with E-state index in [0.717, 1.165) is 5.56 Å². The van der Waals surface area contributed by atoms with Gasteiger partial charge >= 0.3 is 0 Å². The number of sulfonamides is 1. The Bertz CT molecular complexity index is 904. The fourth-order valence-corrected chi connectivity index (χ4v) is 4.60. The van der Waals surface area contributed by atoms with E-state index in [0.29, 0.717) is 38.1 Å². The van der Waals surface area contributed by atoms with Crippen LogP contribution < -0.4 is 4.72 Å². The first-order chi connectivity index (χ1) is 13.8. The molecule has 0 unspecified atom stereocenters. The molecule has 0 aromatic heterocycles. The highest BCUT2D eigenvalue weighted by Crippen LogP contribution is 2.17. The van der Waals surface area contributed by atoms with Gasteiger partial charge in [0, 0.05) is 24.7 Å². The van der Waals surface area contributed by atoms with Crippen molar-refractivity contribution in [1.82, 2.24) is 9.62 Å². The topological polar surface area (TPSA) is 75.7 Å². The first-order valence-corrected chi connectivity index (χ1v) is 11.4. The molecule has 29 heavy (non-hydrogen) atoms. The summed E-state index contributed by atoms with van der Waals surface area (Å²) in [6.45, 7) is 5.56. The van der Waals surface area contributed by atoms with Crippen molar-refractivity contribution in [2.45, 2.75) is 50.3 Å². The molecule has 7 heteroatoms. The third-order valence-corrected chi connectivity index (χ3v) is 6.48. The third kappa shape index (κ3) is 5.88. The monoisotopic (exact) mass is 416 g/mol. The van der Waals surface area contributed by atoms with E-state index in [1.165, 1.54) is 0 Å². The largest absolute Gasteiger partial charge is 0.374 e. The number of likely N-dealkylation sites (tertiary alicyclic amines) is 1. The molecule has 0 radical (unpaired) electrons. The van der Waals surface area contributed by atoms with E-state index >= 15 is 0 Å². The minimum atomic E-state index is -3.53. The minimum Gasteiger partial charge on any atom is -0.374 e. The molecule has 1 amide bonds. The summed E-state index contributed by atoms with van der Waals surface area (Å²) in [6.07, 6.45) is 1.35. The van der Waals surface area contributed by atoms with Gasteiger partial charge in [0.2, 0.25) is 10.0 Å². The van der Waals surface area contributed by atoms with Gasteiger partial charge in [-0.05, 0) is 56.5 Å². The molecule has 1 N–H and O–H groups in total. The number of carbonyl (C=O) groups is 1. The molecule has 1 fully saturated rings. The maximum atomic E-state index is 12.7. The number of piperidine rings is 1. The van der Waals surface area contributed by atoms with Gasteiger partial charge in [-0.1, -0.05) is 30.3 Å². The van der Waals surface area contributed by atoms with E-state index in [9.17, 15) is 13.2 Å². The Morgan fingerprint density at radius 1 is 1.07 bits per heavy atom. The number of carbonyl (C=O) groups excluding carboxylic acids is 1. The molecule has 1 heterocycles. The Hall–Kier alpha value is -2.22. The van der Waals surface area contributed by atoms with Crippen molar-refractivity contribution in [1.29, 1.82) is 0 Å². The maximum absolute atomic E-state index is 12.7. The van der Waals surface area contributed by atoms with Crippen LogP contribution in [0.3, 0.4) is 0 Å². The van der Waals surface area contributed by atoms with Crippen molar-refractivity contribution in [3.05, 3.63) is 65.7 Å². The van der Waals surface area contributed by atoms with Crippen molar-refractivity contribution in [2.75, 3.05) is 13.1 Å². The van der Waals surface area contributed by atoms with Gasteiger partial charge in [-0.15, -0.1) is 0 Å². The minimum absolute atomic E-state index is 0.0225. The highest BCUT2D eigenvalue weighted by atomic mass is 32.2. The van der Waals surface area contributed by atoms with Gasteiger partial charge in [0.25, 0.3) is 5.91 Å². The van der Waals surface area contributed by atoms with E-state index in [1.54, 1.807) is 35.2 Å². The number of benzene rings is 2. The summed E-state index contributed by atoms with van der Waals surface area (Å²) in [5.74, 6) is -0.0225. The first kappa shape index (κ1) is 21.5. The lowest BCUT2D eigenvalue weighted by Crippen LogP contribution is -2.46. The number of nitrogens with one attached hydrogen (secondary N) is 1. The summed E-state index contributed by atoms with van der Waals surface area (Å²) >= 11 is 0. The molecule has 0 saturated carbocycles. The summed E-state index contributed by atoms with van der Waals surface area (Å²) in [5, 5.41) is 0. The fraction of sp³-hybridized carbons (Fsp3) is 0.409. The maximum Gasteiger partial charge on any atom is 0.253 e. The number of rotatable bonds is 7. The highest BCUT2D eigenvalue weighted by Gasteiger charge is 2.27. The van der Waals surface area contributed by atoms with Crippen molar-refractivity contribution < 1.29 is 17.9 Å². The summed E-state index contributed by atoms with van der Waals surface area (Å²) in [6, 6.07) is 15.7. The Balaban J connectivity index is 1.53. The molecule has 1 aliphatic heterocycles. The van der Waals surface area contributed by atoms with Crippen LogP contribution in [0, 0.1) is 0 Å². The van der Waals surface area contributed by atoms with E-state index < -0.39 is 10.0 Å². The van der Waals surface area contributed by atoms with Gasteiger partial charge in [0.05, 0.1) is 17.6 Å². The van der Waals surface area contributed by atoms with Crippen molar-refractivity contribution in [3.8, 4) is 0 Å². The summed E-state index contributed by atoms with van der Waals surface area (Å²) in [4.78, 5) is 14.8. The molecule has 0 atom stereocenters. The number of hydrogen-bond acceptors (Lipinski definition) is 4. The van der Waals surface area contributed by atoms with E-state index in [-0.39, 0.29) is 22.9 Å². The van der Waals surface area contributed by atoms with Gasteiger partial charge in [-0.2, -0.15) is 0 Å². The molecule has 0 spiro atoms. The zero-order valence-corrected chi connectivity index (χ0v) is 17.7. The van der Waals surface area contributed by atoms with Gasteiger partial charge in [0.15, 0.2) is 0 Å². The van der Waals surface area contributed by atoms with Crippen LogP contribution in [0.2, 0.25) is 0 Å². The molecule has 6 nitrogen and oxygen atoms in total. The number of nitrogens with zero attached hydrogens (tertiary/aromatic N) is 1. The molecule has 156 valence electrons. The normalized spacial score (nSPS) is 15.6. The van der Waals surface area contributed by atoms with E-state index in [4.69, 9.17) is 4.74 Å². The Morgan fingerprint density at radius 3 is 2.28 bits per heavy atom. The van der Waals surface area contributed by atoms with Crippen LogP contribution in [-0.4, -0.2) is 44.5 Å². The number of amides is 1. The zero-order valence-electron chi connectivity index (χ0n) is 16.9. The van der Waals surface area contributed by atoms with E-state index in [2.05, 4.69) is 4.72 Å². The quantitative estimate of drug-likeness (QED) is 0.752. The Morgan fingerprint density at radius 2 is 1.69 bits per heavy atom. The van der Waals surface area contributed by atoms with Crippen molar-refractivity contribution >= 4 is 15.9 Å². The van der Waals surface area contributed by atoms with Crippen molar-refractivity contribution in [2.24, 2.45) is 0 Å². The van der Waals surface area contributed by atoms with Crippen LogP contribution in [0.4, 0.5) is 0 Å². The first-order valence-electron chi connectivity index (χ1n) is 9.92. The van der Waals surface area contributed by atoms with Crippen LogP contribution >= 0.6 is 0 Å². The van der Waals surface area contributed by atoms with Gasteiger partial charge < -0.3 is 9.64 Å². The van der Waals surface area contributed by atoms with Crippen LogP contribution in [0.5, 0.6) is 0 Å². The lowest BCUT2D eigenvalue weighted by atomic mass is 10.0. The molecule has 1 aliphatic rings.